The second-order valence-electron chi connectivity index (χ2n) is 7.57. The van der Waals surface area contributed by atoms with Crippen LogP contribution in [0.25, 0.3) is 0 Å². The van der Waals surface area contributed by atoms with E-state index in [1.165, 1.54) is 5.56 Å². The van der Waals surface area contributed by atoms with Gasteiger partial charge in [-0.25, -0.2) is 0 Å². The number of halogens is 1. The molecule has 1 aliphatic rings. The molecule has 30 heavy (non-hydrogen) atoms. The molecule has 7 nitrogen and oxygen atoms in total. The number of carbonyl (C=O) groups excluding carboxylic acids is 1. The number of amides is 1. The van der Waals surface area contributed by atoms with Crippen molar-refractivity contribution in [3.05, 3.63) is 29.8 Å². The molecule has 1 saturated heterocycles. The Balaban J connectivity index is 0.00000450. The normalized spacial score (nSPS) is 15.3. The van der Waals surface area contributed by atoms with E-state index < -0.39 is 0 Å². The van der Waals surface area contributed by atoms with Crippen molar-refractivity contribution in [1.82, 2.24) is 15.5 Å². The van der Waals surface area contributed by atoms with Crippen molar-refractivity contribution >= 4 is 35.8 Å². The lowest BCUT2D eigenvalue weighted by molar-refractivity contribution is -0.123. The average Bonchev–Trinajstić information content (AvgIpc) is 2.72. The molecule has 1 aromatic carbocycles. The molecule has 170 valence electrons. The molecule has 4 N–H and O–H groups in total. The Labute approximate surface area is 198 Å². The fourth-order valence-electron chi connectivity index (χ4n) is 3.39. The summed E-state index contributed by atoms with van der Waals surface area (Å²) >= 11 is 0. The Hall–Kier alpha value is -1.55. The van der Waals surface area contributed by atoms with Gasteiger partial charge in [-0.2, -0.15) is 0 Å². The van der Waals surface area contributed by atoms with Crippen molar-refractivity contribution in [2.45, 2.75) is 39.5 Å². The summed E-state index contributed by atoms with van der Waals surface area (Å²) in [5.74, 6) is 1.65. The molecular weight excluding hydrogens is 493 g/mol. The van der Waals surface area contributed by atoms with Crippen LogP contribution in [0.3, 0.4) is 0 Å². The number of hydrogen-bond acceptors (Lipinski definition) is 4. The van der Waals surface area contributed by atoms with Gasteiger partial charge in [0.25, 0.3) is 0 Å². The number of nitrogens with two attached hydrogens (primary N) is 1. The Morgan fingerprint density at radius 1 is 1.20 bits per heavy atom. The molecule has 0 aliphatic carbocycles. The Morgan fingerprint density at radius 2 is 1.90 bits per heavy atom. The van der Waals surface area contributed by atoms with Crippen molar-refractivity contribution in [3.63, 3.8) is 0 Å². The van der Waals surface area contributed by atoms with E-state index in [1.54, 1.807) is 0 Å². The first kappa shape index (κ1) is 26.5. The number of benzene rings is 1. The van der Waals surface area contributed by atoms with Crippen molar-refractivity contribution in [3.8, 4) is 5.75 Å². The number of ether oxygens (including phenoxy) is 1. The Kier molecular flexibility index (Phi) is 13.5. The van der Waals surface area contributed by atoms with Crippen molar-refractivity contribution in [1.29, 1.82) is 0 Å². The maximum atomic E-state index is 11.2. The predicted octanol–water partition coefficient (Wildman–Crippen LogP) is 2.52. The van der Waals surface area contributed by atoms with Crippen LogP contribution in [0.2, 0.25) is 0 Å². The van der Waals surface area contributed by atoms with Gasteiger partial charge in [0.15, 0.2) is 5.96 Å². The third kappa shape index (κ3) is 10.5. The van der Waals surface area contributed by atoms with Crippen LogP contribution in [0, 0.1) is 12.8 Å². The first-order chi connectivity index (χ1) is 14.1. The molecule has 0 radical (unpaired) electrons. The summed E-state index contributed by atoms with van der Waals surface area (Å²) in [6.45, 7) is 10.1. The summed E-state index contributed by atoms with van der Waals surface area (Å²) in [4.78, 5) is 18.3. The molecule has 8 heteroatoms. The highest BCUT2D eigenvalue weighted by Gasteiger charge is 2.22. The smallest absolute Gasteiger partial charge is 0.220 e. The summed E-state index contributed by atoms with van der Waals surface area (Å²) in [5, 5.41) is 6.59. The summed E-state index contributed by atoms with van der Waals surface area (Å²) in [6.07, 6.45) is 3.95. The van der Waals surface area contributed by atoms with Crippen LogP contribution in [-0.4, -0.2) is 62.6 Å². The zero-order valence-corrected chi connectivity index (χ0v) is 20.7. The van der Waals surface area contributed by atoms with Gasteiger partial charge in [-0.15, -0.1) is 24.0 Å². The van der Waals surface area contributed by atoms with E-state index in [2.05, 4.69) is 34.4 Å². The highest BCUT2D eigenvalue weighted by atomic mass is 127. The molecule has 0 aromatic heterocycles. The summed E-state index contributed by atoms with van der Waals surface area (Å²) < 4.78 is 5.74. The summed E-state index contributed by atoms with van der Waals surface area (Å²) in [5.41, 5.74) is 6.62. The van der Waals surface area contributed by atoms with Crippen molar-refractivity contribution in [2.75, 3.05) is 45.9 Å². The first-order valence-electron chi connectivity index (χ1n) is 10.8. The number of aliphatic imine (C=N–C) groups is 1. The molecule has 2 rings (SSSR count). The predicted molar refractivity (Wildman–Crippen MR) is 134 cm³/mol. The monoisotopic (exact) mass is 531 g/mol. The molecular formula is C22H38IN5O2. The minimum absolute atomic E-state index is 0. The van der Waals surface area contributed by atoms with Crippen LogP contribution in [0.1, 0.15) is 38.2 Å². The second-order valence-corrected chi connectivity index (χ2v) is 7.57. The third-order valence-electron chi connectivity index (χ3n) is 5.17. The lowest BCUT2D eigenvalue weighted by atomic mass is 9.96. The van der Waals surface area contributed by atoms with Crippen LogP contribution >= 0.6 is 24.0 Å². The van der Waals surface area contributed by atoms with Crippen LogP contribution in [-0.2, 0) is 4.79 Å². The van der Waals surface area contributed by atoms with Gasteiger partial charge in [0, 0.05) is 19.0 Å². The zero-order chi connectivity index (χ0) is 20.9. The molecule has 0 saturated carbocycles. The fourth-order valence-corrected chi connectivity index (χ4v) is 3.39. The lowest BCUT2D eigenvalue weighted by Gasteiger charge is -2.30. The van der Waals surface area contributed by atoms with E-state index in [1.807, 2.05) is 24.3 Å². The van der Waals surface area contributed by atoms with Gasteiger partial charge >= 0.3 is 0 Å². The topological polar surface area (TPSA) is 92.0 Å². The standard InChI is InChI=1S/C22H37N5O2.HI/c1-3-24-22(26-13-17-29-20-8-6-18(2)7-9-20)25-12-4-5-14-27-15-10-19(11-16-27)21(23)28;/h6-9,19H,3-5,10-17H2,1-2H3,(H2,23,28)(H2,24,25,26);1H. The number of likely N-dealkylation sites (tertiary alicyclic amines) is 1. The Morgan fingerprint density at radius 3 is 2.53 bits per heavy atom. The van der Waals surface area contributed by atoms with E-state index in [4.69, 9.17) is 10.5 Å². The van der Waals surface area contributed by atoms with Crippen molar-refractivity contribution < 1.29 is 9.53 Å². The van der Waals surface area contributed by atoms with Crippen LogP contribution < -0.4 is 21.1 Å². The maximum Gasteiger partial charge on any atom is 0.220 e. The van der Waals surface area contributed by atoms with Crippen LogP contribution in [0.4, 0.5) is 0 Å². The molecule has 1 fully saturated rings. The van der Waals surface area contributed by atoms with Gasteiger partial charge in [0.2, 0.25) is 5.91 Å². The molecule has 1 amide bonds. The van der Waals surface area contributed by atoms with E-state index >= 15 is 0 Å². The van der Waals surface area contributed by atoms with Gasteiger partial charge < -0.3 is 26.0 Å². The first-order valence-corrected chi connectivity index (χ1v) is 10.8. The molecule has 0 bridgehead atoms. The number of rotatable bonds is 11. The largest absolute Gasteiger partial charge is 0.492 e. The lowest BCUT2D eigenvalue weighted by Crippen LogP contribution is -2.39. The summed E-state index contributed by atoms with van der Waals surface area (Å²) in [7, 11) is 0. The van der Waals surface area contributed by atoms with Crippen molar-refractivity contribution in [2.24, 2.45) is 16.6 Å². The molecule has 1 heterocycles. The van der Waals surface area contributed by atoms with E-state index in [0.717, 1.165) is 70.1 Å². The second kappa shape index (κ2) is 15.3. The number of nitrogens with one attached hydrogen (secondary N) is 2. The van der Waals surface area contributed by atoms with Gasteiger partial charge in [0.05, 0.1) is 6.54 Å². The van der Waals surface area contributed by atoms with E-state index in [-0.39, 0.29) is 35.8 Å². The number of hydrogen-bond donors (Lipinski definition) is 3. The SMILES string of the molecule is CCNC(=NCCCCN1CCC(C(N)=O)CC1)NCCOc1ccc(C)cc1.I. The highest BCUT2D eigenvalue weighted by Crippen LogP contribution is 2.16. The minimum atomic E-state index is -0.147. The quantitative estimate of drug-likeness (QED) is 0.177. The number of guanidine groups is 1. The third-order valence-corrected chi connectivity index (χ3v) is 5.17. The van der Waals surface area contributed by atoms with Gasteiger partial charge in [0.1, 0.15) is 12.4 Å². The average molecular weight is 531 g/mol. The number of aryl methyl sites for hydroxylation is 1. The van der Waals surface area contributed by atoms with E-state index in [0.29, 0.717) is 13.2 Å². The maximum absolute atomic E-state index is 11.2. The minimum Gasteiger partial charge on any atom is -0.492 e. The Bertz CT molecular complexity index is 631. The number of piperidine rings is 1. The molecule has 0 atom stereocenters. The number of nitrogens with zero attached hydrogens (tertiary/aromatic N) is 2. The van der Waals surface area contributed by atoms with Gasteiger partial charge in [-0.1, -0.05) is 17.7 Å². The van der Waals surface area contributed by atoms with Crippen LogP contribution in [0.5, 0.6) is 5.75 Å². The molecule has 0 unspecified atom stereocenters. The fraction of sp³-hybridized carbons (Fsp3) is 0.636. The van der Waals surface area contributed by atoms with E-state index in [9.17, 15) is 4.79 Å². The number of unbranched alkanes of at least 4 members (excludes halogenated alkanes) is 1. The van der Waals surface area contributed by atoms with Crippen LogP contribution in [0.15, 0.2) is 29.3 Å². The molecule has 0 spiro atoms. The van der Waals surface area contributed by atoms with Gasteiger partial charge in [-0.3, -0.25) is 9.79 Å². The summed E-state index contributed by atoms with van der Waals surface area (Å²) in [6, 6.07) is 8.08. The van der Waals surface area contributed by atoms with Gasteiger partial charge in [-0.05, 0) is 71.3 Å². The number of carbonyl (C=O) groups is 1. The highest BCUT2D eigenvalue weighted by molar-refractivity contribution is 14.0. The molecule has 1 aromatic rings. The zero-order valence-electron chi connectivity index (χ0n) is 18.4. The molecule has 1 aliphatic heterocycles. The number of primary amides is 1.